The van der Waals surface area contributed by atoms with Gasteiger partial charge in [0, 0.05) is 0 Å². The van der Waals surface area contributed by atoms with Crippen LogP contribution in [-0.2, 0) is 0 Å². The maximum Gasteiger partial charge on any atom is 0.119 e. The highest BCUT2D eigenvalue weighted by Gasteiger charge is 2.03. The molecule has 0 aliphatic carbocycles. The van der Waals surface area contributed by atoms with Gasteiger partial charge in [0.05, 0.1) is 13.2 Å². The Bertz CT molecular complexity index is 331. The topological polar surface area (TPSA) is 29.5 Å². The Morgan fingerprint density at radius 1 is 1.44 bits per heavy atom. The summed E-state index contributed by atoms with van der Waals surface area (Å²) in [6, 6.07) is 7.51. The van der Waals surface area contributed by atoms with E-state index in [1.807, 2.05) is 36.4 Å². The average Bonchev–Trinajstić information content (AvgIpc) is 2.34. The van der Waals surface area contributed by atoms with Crippen LogP contribution in [-0.4, -0.2) is 12.2 Å². The average molecular weight is 220 g/mol. The van der Waals surface area contributed by atoms with E-state index in [4.69, 9.17) is 4.74 Å². The monoisotopic (exact) mass is 220 g/mol. The minimum atomic E-state index is -0.535. The highest BCUT2D eigenvalue weighted by atomic mass is 16.5. The number of aliphatic hydroxyl groups is 1. The number of unbranched alkanes of at least 4 members (excludes halogenated alkanes) is 2. The Morgan fingerprint density at radius 2 is 2.25 bits per heavy atom. The Hall–Kier alpha value is -1.28. The SMILES string of the molecule is CCCC/C=C/[C@H](O)c1cccc(OC)c1. The van der Waals surface area contributed by atoms with Gasteiger partial charge in [-0.2, -0.15) is 0 Å². The largest absolute Gasteiger partial charge is 0.497 e. The number of hydrogen-bond donors (Lipinski definition) is 1. The van der Waals surface area contributed by atoms with E-state index in [9.17, 15) is 5.11 Å². The molecule has 0 saturated heterocycles. The van der Waals surface area contributed by atoms with Gasteiger partial charge in [-0.05, 0) is 24.1 Å². The fourth-order valence-corrected chi connectivity index (χ4v) is 1.48. The van der Waals surface area contributed by atoms with Gasteiger partial charge in [-0.15, -0.1) is 0 Å². The van der Waals surface area contributed by atoms with E-state index in [0.717, 1.165) is 17.7 Å². The van der Waals surface area contributed by atoms with Crippen molar-refractivity contribution in [3.05, 3.63) is 42.0 Å². The Kier molecular flexibility index (Phi) is 5.65. The highest BCUT2D eigenvalue weighted by molar-refractivity contribution is 5.31. The van der Waals surface area contributed by atoms with E-state index >= 15 is 0 Å². The van der Waals surface area contributed by atoms with Crippen molar-refractivity contribution >= 4 is 0 Å². The molecule has 0 fully saturated rings. The van der Waals surface area contributed by atoms with Gasteiger partial charge < -0.3 is 9.84 Å². The lowest BCUT2D eigenvalue weighted by Crippen LogP contribution is -1.93. The van der Waals surface area contributed by atoms with Gasteiger partial charge in [-0.3, -0.25) is 0 Å². The fraction of sp³-hybridized carbons (Fsp3) is 0.429. The van der Waals surface area contributed by atoms with Gasteiger partial charge in [0.2, 0.25) is 0 Å². The predicted molar refractivity (Wildman–Crippen MR) is 66.6 cm³/mol. The summed E-state index contributed by atoms with van der Waals surface area (Å²) >= 11 is 0. The van der Waals surface area contributed by atoms with E-state index in [-0.39, 0.29) is 0 Å². The Labute approximate surface area is 97.6 Å². The number of allylic oxidation sites excluding steroid dienone is 1. The van der Waals surface area contributed by atoms with Crippen LogP contribution in [0.4, 0.5) is 0 Å². The van der Waals surface area contributed by atoms with Gasteiger partial charge in [0.1, 0.15) is 5.75 Å². The van der Waals surface area contributed by atoms with Gasteiger partial charge >= 0.3 is 0 Å². The summed E-state index contributed by atoms with van der Waals surface area (Å²) in [5, 5.41) is 9.90. The molecule has 1 atom stereocenters. The summed E-state index contributed by atoms with van der Waals surface area (Å²) in [6.07, 6.45) is 6.71. The lowest BCUT2D eigenvalue weighted by Gasteiger charge is -2.07. The zero-order valence-corrected chi connectivity index (χ0v) is 10.0. The van der Waals surface area contributed by atoms with Crippen LogP contribution >= 0.6 is 0 Å². The van der Waals surface area contributed by atoms with Crippen LogP contribution in [0.3, 0.4) is 0 Å². The van der Waals surface area contributed by atoms with Crippen molar-refractivity contribution in [1.82, 2.24) is 0 Å². The molecule has 2 nitrogen and oxygen atoms in total. The molecule has 0 bridgehead atoms. The molecular formula is C14H20O2. The molecule has 16 heavy (non-hydrogen) atoms. The highest BCUT2D eigenvalue weighted by Crippen LogP contribution is 2.20. The first kappa shape index (κ1) is 12.8. The van der Waals surface area contributed by atoms with Crippen molar-refractivity contribution in [2.45, 2.75) is 32.3 Å². The third kappa shape index (κ3) is 4.07. The first-order chi connectivity index (χ1) is 7.77. The summed E-state index contributed by atoms with van der Waals surface area (Å²) in [5.74, 6) is 0.776. The number of rotatable bonds is 6. The molecule has 0 spiro atoms. The van der Waals surface area contributed by atoms with E-state index in [2.05, 4.69) is 6.92 Å². The van der Waals surface area contributed by atoms with Crippen molar-refractivity contribution < 1.29 is 9.84 Å². The first-order valence-electron chi connectivity index (χ1n) is 5.76. The van der Waals surface area contributed by atoms with Crippen LogP contribution in [0, 0.1) is 0 Å². The molecule has 1 aromatic carbocycles. The minimum absolute atomic E-state index is 0.535. The van der Waals surface area contributed by atoms with Gasteiger partial charge in [-0.25, -0.2) is 0 Å². The number of benzene rings is 1. The van der Waals surface area contributed by atoms with Gasteiger partial charge in [0.25, 0.3) is 0 Å². The van der Waals surface area contributed by atoms with E-state index < -0.39 is 6.10 Å². The summed E-state index contributed by atoms with van der Waals surface area (Å²) in [4.78, 5) is 0. The van der Waals surface area contributed by atoms with E-state index in [1.165, 1.54) is 12.8 Å². The van der Waals surface area contributed by atoms with Crippen molar-refractivity contribution in [3.8, 4) is 5.75 Å². The zero-order chi connectivity index (χ0) is 11.8. The number of methoxy groups -OCH3 is 1. The molecule has 0 aliphatic rings. The summed E-state index contributed by atoms with van der Waals surface area (Å²) in [7, 11) is 1.63. The maximum atomic E-state index is 9.90. The molecule has 0 saturated carbocycles. The molecule has 0 aromatic heterocycles. The minimum Gasteiger partial charge on any atom is -0.497 e. The molecule has 0 aliphatic heterocycles. The second-order valence-electron chi connectivity index (χ2n) is 3.79. The first-order valence-corrected chi connectivity index (χ1v) is 5.76. The summed E-state index contributed by atoms with van der Waals surface area (Å²) < 4.78 is 5.11. The lowest BCUT2D eigenvalue weighted by molar-refractivity contribution is 0.227. The fourth-order valence-electron chi connectivity index (χ4n) is 1.48. The smallest absolute Gasteiger partial charge is 0.119 e. The number of aliphatic hydroxyl groups excluding tert-OH is 1. The second kappa shape index (κ2) is 7.07. The molecule has 2 heteroatoms. The standard InChI is InChI=1S/C14H20O2/c1-3-4-5-6-10-14(15)12-8-7-9-13(11-12)16-2/h6-11,14-15H,3-5H2,1-2H3/b10-6+/t14-/m0/s1. The normalized spacial score (nSPS) is 12.9. The molecule has 0 radical (unpaired) electrons. The molecular weight excluding hydrogens is 200 g/mol. The third-order valence-electron chi connectivity index (χ3n) is 2.48. The van der Waals surface area contributed by atoms with Crippen LogP contribution in [0.5, 0.6) is 5.75 Å². The predicted octanol–water partition coefficient (Wildman–Crippen LogP) is 3.48. The second-order valence-corrected chi connectivity index (χ2v) is 3.79. The molecule has 0 heterocycles. The third-order valence-corrected chi connectivity index (χ3v) is 2.48. The zero-order valence-electron chi connectivity index (χ0n) is 10.0. The quantitative estimate of drug-likeness (QED) is 0.587. The number of ether oxygens (including phenoxy) is 1. The summed E-state index contributed by atoms with van der Waals surface area (Å²) in [6.45, 7) is 2.16. The van der Waals surface area contributed by atoms with Crippen molar-refractivity contribution in [2.24, 2.45) is 0 Å². The van der Waals surface area contributed by atoms with Crippen molar-refractivity contribution in [2.75, 3.05) is 7.11 Å². The molecule has 0 amide bonds. The lowest BCUT2D eigenvalue weighted by atomic mass is 10.1. The molecule has 1 rings (SSSR count). The Balaban J connectivity index is 2.57. The van der Waals surface area contributed by atoms with Crippen LogP contribution in [0.2, 0.25) is 0 Å². The molecule has 88 valence electrons. The van der Waals surface area contributed by atoms with Crippen LogP contribution in [0.15, 0.2) is 36.4 Å². The maximum absolute atomic E-state index is 9.90. The molecule has 0 unspecified atom stereocenters. The van der Waals surface area contributed by atoms with Crippen LogP contribution < -0.4 is 4.74 Å². The molecule has 1 N–H and O–H groups in total. The van der Waals surface area contributed by atoms with E-state index in [0.29, 0.717) is 0 Å². The molecule has 1 aromatic rings. The van der Waals surface area contributed by atoms with E-state index in [1.54, 1.807) is 7.11 Å². The van der Waals surface area contributed by atoms with Crippen molar-refractivity contribution in [1.29, 1.82) is 0 Å². The van der Waals surface area contributed by atoms with Gasteiger partial charge in [-0.1, -0.05) is 44.1 Å². The Morgan fingerprint density at radius 3 is 2.94 bits per heavy atom. The van der Waals surface area contributed by atoms with Crippen molar-refractivity contribution in [3.63, 3.8) is 0 Å². The van der Waals surface area contributed by atoms with Crippen LogP contribution in [0.25, 0.3) is 0 Å². The number of hydrogen-bond acceptors (Lipinski definition) is 2. The summed E-state index contributed by atoms with van der Waals surface area (Å²) in [5.41, 5.74) is 0.868. The van der Waals surface area contributed by atoms with Crippen LogP contribution in [0.1, 0.15) is 37.9 Å². The van der Waals surface area contributed by atoms with Gasteiger partial charge in [0.15, 0.2) is 0 Å².